The summed E-state index contributed by atoms with van der Waals surface area (Å²) < 4.78 is 46.0. The zero-order chi connectivity index (χ0) is 27.3. The third kappa shape index (κ3) is 5.65. The highest BCUT2D eigenvalue weighted by atomic mass is 19.4. The topological polar surface area (TPSA) is 55.6 Å². The van der Waals surface area contributed by atoms with Gasteiger partial charge in [0.15, 0.2) is 0 Å². The van der Waals surface area contributed by atoms with E-state index in [9.17, 15) is 18.0 Å². The molecule has 37 heavy (non-hydrogen) atoms. The van der Waals surface area contributed by atoms with Crippen molar-refractivity contribution in [3.05, 3.63) is 69.8 Å². The largest absolute Gasteiger partial charge is 0.439 e. The number of carbonyl (C=O) groups is 1. The van der Waals surface area contributed by atoms with Crippen LogP contribution in [-0.2, 0) is 10.9 Å². The van der Waals surface area contributed by atoms with E-state index in [-0.39, 0.29) is 5.41 Å². The lowest BCUT2D eigenvalue weighted by molar-refractivity contribution is -0.137. The molecule has 1 saturated heterocycles. The lowest BCUT2D eigenvalue weighted by Crippen LogP contribution is -2.35. The molecule has 2 aromatic carbocycles. The van der Waals surface area contributed by atoms with Crippen molar-refractivity contribution in [1.82, 2.24) is 4.90 Å². The molecule has 1 aliphatic heterocycles. The highest BCUT2D eigenvalue weighted by molar-refractivity contribution is 5.80. The smallest absolute Gasteiger partial charge is 0.416 e. The molecule has 0 aromatic heterocycles. The molecule has 0 spiro atoms. The van der Waals surface area contributed by atoms with Gasteiger partial charge in [-0.1, -0.05) is 45.4 Å². The molecule has 4 rings (SSSR count). The van der Waals surface area contributed by atoms with Crippen LogP contribution >= 0.6 is 0 Å². The molecule has 2 aromatic rings. The van der Waals surface area contributed by atoms with E-state index in [0.717, 1.165) is 48.1 Å². The van der Waals surface area contributed by atoms with E-state index >= 15 is 0 Å². The fourth-order valence-corrected chi connectivity index (χ4v) is 5.59. The van der Waals surface area contributed by atoms with Crippen LogP contribution < -0.4 is 5.73 Å². The number of nitrogen functional groups attached to an aromatic ring is 1. The predicted molar refractivity (Wildman–Crippen MR) is 141 cm³/mol. The molecule has 1 aliphatic carbocycles. The van der Waals surface area contributed by atoms with Crippen LogP contribution in [0.15, 0.2) is 42.0 Å². The Morgan fingerprint density at radius 2 is 1.86 bits per heavy atom. The average molecular weight is 515 g/mol. The van der Waals surface area contributed by atoms with E-state index in [1.807, 2.05) is 13.0 Å². The lowest BCUT2D eigenvalue weighted by atomic mass is 9.72. The number of amides is 1. The highest BCUT2D eigenvalue weighted by Crippen LogP contribution is 2.45. The number of alkyl halides is 3. The van der Waals surface area contributed by atoms with Gasteiger partial charge in [0.2, 0.25) is 0 Å². The van der Waals surface area contributed by atoms with Gasteiger partial charge < -0.3 is 10.5 Å². The first-order valence-electron chi connectivity index (χ1n) is 12.9. The van der Waals surface area contributed by atoms with Gasteiger partial charge in [-0.05, 0) is 91.0 Å². The molecule has 7 heteroatoms. The van der Waals surface area contributed by atoms with Crippen LogP contribution in [-0.4, -0.2) is 23.6 Å². The average Bonchev–Trinajstić information content (AvgIpc) is 3.06. The summed E-state index contributed by atoms with van der Waals surface area (Å²) in [5.74, 6) is 0.355. The van der Waals surface area contributed by atoms with E-state index in [4.69, 9.17) is 10.5 Å². The number of hydrogen-bond acceptors (Lipinski definition) is 3. The molecule has 2 atom stereocenters. The number of ether oxygens (including phenoxy) is 1. The van der Waals surface area contributed by atoms with E-state index in [1.54, 1.807) is 17.9 Å². The quantitative estimate of drug-likeness (QED) is 0.409. The SMILES string of the molecule is Cc1cc([C@H]2OC(=O)N(CC3=C(c4cc(C(C)C)ccc4N)CCC(C)(C)C3)[C@H]2C)cc(C(F)(F)F)c1. The molecular formula is C30H37F3N2O2. The number of carbonyl (C=O) groups excluding carboxylic acids is 1. The molecule has 1 fully saturated rings. The van der Waals surface area contributed by atoms with Crippen LogP contribution in [0.5, 0.6) is 0 Å². The Kier molecular flexibility index (Phi) is 7.12. The minimum absolute atomic E-state index is 0.0632. The Bertz CT molecular complexity index is 1230. The third-order valence-corrected chi connectivity index (χ3v) is 7.75. The van der Waals surface area contributed by atoms with Crippen molar-refractivity contribution in [2.45, 2.75) is 85.0 Å². The number of halogens is 3. The Hall–Kier alpha value is -2.96. The maximum absolute atomic E-state index is 13.4. The zero-order valence-corrected chi connectivity index (χ0v) is 22.5. The van der Waals surface area contributed by atoms with Crippen molar-refractivity contribution >= 4 is 17.4 Å². The highest BCUT2D eigenvalue weighted by Gasteiger charge is 2.42. The van der Waals surface area contributed by atoms with Gasteiger partial charge in [-0.2, -0.15) is 13.2 Å². The summed E-state index contributed by atoms with van der Waals surface area (Å²) >= 11 is 0. The van der Waals surface area contributed by atoms with Crippen LogP contribution in [0.25, 0.3) is 5.57 Å². The summed E-state index contributed by atoms with van der Waals surface area (Å²) in [4.78, 5) is 14.7. The van der Waals surface area contributed by atoms with Crippen molar-refractivity contribution in [3.63, 3.8) is 0 Å². The van der Waals surface area contributed by atoms with Crippen LogP contribution in [0, 0.1) is 12.3 Å². The Balaban J connectivity index is 1.70. The predicted octanol–water partition coefficient (Wildman–Crippen LogP) is 8.27. The summed E-state index contributed by atoms with van der Waals surface area (Å²) in [5.41, 5.74) is 11.8. The molecule has 2 aliphatic rings. The summed E-state index contributed by atoms with van der Waals surface area (Å²) in [6.45, 7) is 12.5. The summed E-state index contributed by atoms with van der Waals surface area (Å²) in [5, 5.41) is 0. The van der Waals surface area contributed by atoms with Gasteiger partial charge in [-0.3, -0.25) is 4.90 Å². The number of nitrogens with zero attached hydrogens (tertiary/aromatic N) is 1. The summed E-state index contributed by atoms with van der Waals surface area (Å²) in [6, 6.07) is 9.62. The number of allylic oxidation sites excluding steroid dienone is 1. The maximum Gasteiger partial charge on any atom is 0.416 e. The molecular weight excluding hydrogens is 477 g/mol. The number of anilines is 1. The van der Waals surface area contributed by atoms with Gasteiger partial charge in [0.1, 0.15) is 6.10 Å². The van der Waals surface area contributed by atoms with Crippen LogP contribution in [0.2, 0.25) is 0 Å². The monoisotopic (exact) mass is 514 g/mol. The molecule has 1 heterocycles. The lowest BCUT2D eigenvalue weighted by Gasteiger charge is -2.36. The van der Waals surface area contributed by atoms with Crippen molar-refractivity contribution in [2.75, 3.05) is 12.3 Å². The first-order chi connectivity index (χ1) is 17.2. The van der Waals surface area contributed by atoms with Crippen molar-refractivity contribution < 1.29 is 22.7 Å². The minimum atomic E-state index is -4.47. The minimum Gasteiger partial charge on any atom is -0.439 e. The molecule has 0 radical (unpaired) electrons. The van der Waals surface area contributed by atoms with Gasteiger partial charge in [0.05, 0.1) is 11.6 Å². The van der Waals surface area contributed by atoms with E-state index < -0.39 is 30.0 Å². The molecule has 200 valence electrons. The van der Waals surface area contributed by atoms with Crippen LogP contribution in [0.4, 0.5) is 23.7 Å². The number of rotatable bonds is 5. The number of benzene rings is 2. The molecule has 0 bridgehead atoms. The summed E-state index contributed by atoms with van der Waals surface area (Å²) in [6.07, 6.45) is -3.10. The Morgan fingerprint density at radius 3 is 2.51 bits per heavy atom. The van der Waals surface area contributed by atoms with Gasteiger partial charge in [-0.25, -0.2) is 4.79 Å². The number of cyclic esters (lactones) is 1. The van der Waals surface area contributed by atoms with Crippen molar-refractivity contribution in [2.24, 2.45) is 5.41 Å². The molecule has 4 nitrogen and oxygen atoms in total. The molecule has 2 N–H and O–H groups in total. The number of hydrogen-bond donors (Lipinski definition) is 1. The first-order valence-corrected chi connectivity index (χ1v) is 12.9. The maximum atomic E-state index is 13.4. The van der Waals surface area contributed by atoms with Gasteiger partial charge in [0, 0.05) is 17.8 Å². The van der Waals surface area contributed by atoms with Crippen molar-refractivity contribution in [3.8, 4) is 0 Å². The number of aryl methyl sites for hydroxylation is 1. The van der Waals surface area contributed by atoms with E-state index in [1.165, 1.54) is 5.56 Å². The van der Waals surface area contributed by atoms with Gasteiger partial charge in [0.25, 0.3) is 0 Å². The van der Waals surface area contributed by atoms with E-state index in [0.29, 0.717) is 29.3 Å². The molecule has 0 saturated carbocycles. The zero-order valence-electron chi connectivity index (χ0n) is 22.5. The molecule has 1 amide bonds. The van der Waals surface area contributed by atoms with Crippen molar-refractivity contribution in [1.29, 1.82) is 0 Å². The fourth-order valence-electron chi connectivity index (χ4n) is 5.59. The van der Waals surface area contributed by atoms with E-state index in [2.05, 4.69) is 39.8 Å². The second kappa shape index (κ2) is 9.73. The van der Waals surface area contributed by atoms with Crippen LogP contribution in [0.1, 0.15) is 93.7 Å². The number of nitrogens with two attached hydrogens (primary N) is 1. The first kappa shape index (κ1) is 27.1. The third-order valence-electron chi connectivity index (χ3n) is 7.75. The second-order valence-corrected chi connectivity index (χ2v) is 11.7. The molecule has 0 unspecified atom stereocenters. The van der Waals surface area contributed by atoms with Gasteiger partial charge >= 0.3 is 12.3 Å². The second-order valence-electron chi connectivity index (χ2n) is 11.7. The Labute approximate surface area is 217 Å². The normalized spacial score (nSPS) is 22.1. The fraction of sp³-hybridized carbons (Fsp3) is 0.500. The van der Waals surface area contributed by atoms with Crippen LogP contribution in [0.3, 0.4) is 0 Å². The standard InChI is InChI=1S/C30H37F3N2O2/c1-17(2)20-7-8-26(34)25(14-20)24-9-10-29(5,6)15-22(24)16-35-19(4)27(37-28(35)36)21-11-18(3)12-23(13-21)30(31,32)33/h7-8,11-14,17,19,27H,9-10,15-16,34H2,1-6H3/t19-,27-/m0/s1. The summed E-state index contributed by atoms with van der Waals surface area (Å²) in [7, 11) is 0. The van der Waals surface area contributed by atoms with Gasteiger partial charge in [-0.15, -0.1) is 0 Å². The Morgan fingerprint density at radius 1 is 1.16 bits per heavy atom.